The summed E-state index contributed by atoms with van der Waals surface area (Å²) in [6.07, 6.45) is 3.03. The highest BCUT2D eigenvalue weighted by Crippen LogP contribution is 2.29. The van der Waals surface area contributed by atoms with Crippen molar-refractivity contribution < 1.29 is 4.79 Å². The zero-order valence-electron chi connectivity index (χ0n) is 11.9. The molecule has 0 spiro atoms. The second kappa shape index (κ2) is 6.59. The molecule has 20 heavy (non-hydrogen) atoms. The van der Waals surface area contributed by atoms with Gasteiger partial charge in [-0.25, -0.2) is 0 Å². The Kier molecular flexibility index (Phi) is 5.06. The molecule has 0 aliphatic heterocycles. The molecule has 0 atom stereocenters. The van der Waals surface area contributed by atoms with Crippen molar-refractivity contribution in [2.45, 2.75) is 25.2 Å². The van der Waals surface area contributed by atoms with Crippen molar-refractivity contribution in [1.82, 2.24) is 0 Å². The molecule has 0 aliphatic carbocycles. The van der Waals surface area contributed by atoms with E-state index >= 15 is 0 Å². The molecule has 0 unspecified atom stereocenters. The normalized spacial score (nSPS) is 10.6. The average molecular weight is 349 g/mol. The summed E-state index contributed by atoms with van der Waals surface area (Å²) in [6, 6.07) is 11.8. The molecule has 104 valence electrons. The smallest absolute Gasteiger partial charge is 0.194 e. The van der Waals surface area contributed by atoms with Crippen LogP contribution in [0.2, 0.25) is 0 Å². The summed E-state index contributed by atoms with van der Waals surface area (Å²) >= 11 is 5.20. The van der Waals surface area contributed by atoms with Crippen LogP contribution >= 0.6 is 27.7 Å². The Hall–Kier alpha value is -1.06. The molecular formula is C17H17BrOS. The van der Waals surface area contributed by atoms with Crippen LogP contribution < -0.4 is 0 Å². The van der Waals surface area contributed by atoms with Gasteiger partial charge in [-0.2, -0.15) is 0 Å². The molecule has 0 saturated heterocycles. The number of benzene rings is 2. The highest BCUT2D eigenvalue weighted by atomic mass is 79.9. The van der Waals surface area contributed by atoms with E-state index in [0.717, 1.165) is 27.6 Å². The number of rotatable bonds is 4. The lowest BCUT2D eigenvalue weighted by molar-refractivity contribution is 0.103. The van der Waals surface area contributed by atoms with Gasteiger partial charge in [-0.3, -0.25) is 4.79 Å². The molecule has 0 fully saturated rings. The molecule has 0 amide bonds. The van der Waals surface area contributed by atoms with E-state index < -0.39 is 0 Å². The van der Waals surface area contributed by atoms with Gasteiger partial charge in [0.2, 0.25) is 0 Å². The Bertz CT molecular complexity index is 632. The lowest BCUT2D eigenvalue weighted by Gasteiger charge is -2.09. The first kappa shape index (κ1) is 15.3. The van der Waals surface area contributed by atoms with Crippen molar-refractivity contribution in [3.63, 3.8) is 0 Å². The zero-order chi connectivity index (χ0) is 14.7. The summed E-state index contributed by atoms with van der Waals surface area (Å²) in [5.74, 6) is 0.0651. The van der Waals surface area contributed by atoms with Crippen molar-refractivity contribution in [3.8, 4) is 0 Å². The highest BCUT2D eigenvalue weighted by molar-refractivity contribution is 9.10. The van der Waals surface area contributed by atoms with Gasteiger partial charge in [0.15, 0.2) is 5.78 Å². The molecule has 1 nitrogen and oxygen atoms in total. The van der Waals surface area contributed by atoms with Crippen molar-refractivity contribution in [2.75, 3.05) is 6.26 Å². The van der Waals surface area contributed by atoms with Crippen LogP contribution in [-0.2, 0) is 6.42 Å². The number of hydrogen-bond donors (Lipinski definition) is 0. The predicted molar refractivity (Wildman–Crippen MR) is 89.9 cm³/mol. The molecular weight excluding hydrogens is 332 g/mol. The third-order valence-corrected chi connectivity index (χ3v) is 4.89. The highest BCUT2D eigenvalue weighted by Gasteiger charge is 2.14. The maximum atomic E-state index is 12.6. The van der Waals surface area contributed by atoms with E-state index in [1.807, 2.05) is 49.6 Å². The molecule has 2 aromatic rings. The quantitative estimate of drug-likeness (QED) is 0.552. The van der Waals surface area contributed by atoms with Gasteiger partial charge in [-0.05, 0) is 58.8 Å². The number of thioether (sulfide) groups is 1. The van der Waals surface area contributed by atoms with Gasteiger partial charge in [0.25, 0.3) is 0 Å². The standard InChI is InChI=1S/C17H17BrOS/c1-4-12-5-7-13(8-6-12)17(19)14-9-11(2)16(20-3)10-15(14)18/h5-10H,4H2,1-3H3. The van der Waals surface area contributed by atoms with E-state index in [1.54, 1.807) is 11.8 Å². The molecule has 3 heteroatoms. The monoisotopic (exact) mass is 348 g/mol. The topological polar surface area (TPSA) is 17.1 Å². The molecule has 2 aromatic carbocycles. The number of hydrogen-bond acceptors (Lipinski definition) is 2. The van der Waals surface area contributed by atoms with Gasteiger partial charge in [0, 0.05) is 20.5 Å². The second-order valence-electron chi connectivity index (χ2n) is 4.68. The molecule has 0 aromatic heterocycles. The number of carbonyl (C=O) groups excluding carboxylic acids is 1. The van der Waals surface area contributed by atoms with E-state index in [0.29, 0.717) is 0 Å². The Morgan fingerprint density at radius 3 is 2.40 bits per heavy atom. The first-order chi connectivity index (χ1) is 9.56. The fourth-order valence-corrected chi connectivity index (χ4v) is 3.40. The average Bonchev–Trinajstić information content (AvgIpc) is 2.48. The van der Waals surface area contributed by atoms with E-state index in [-0.39, 0.29) is 5.78 Å². The summed E-state index contributed by atoms with van der Waals surface area (Å²) in [5, 5.41) is 0. The van der Waals surface area contributed by atoms with Crippen molar-refractivity contribution in [1.29, 1.82) is 0 Å². The lowest BCUT2D eigenvalue weighted by Crippen LogP contribution is -2.03. The van der Waals surface area contributed by atoms with Crippen LogP contribution in [0.4, 0.5) is 0 Å². The Morgan fingerprint density at radius 1 is 1.20 bits per heavy atom. The molecule has 0 N–H and O–H groups in total. The van der Waals surface area contributed by atoms with Gasteiger partial charge >= 0.3 is 0 Å². The second-order valence-corrected chi connectivity index (χ2v) is 6.38. The molecule has 0 bridgehead atoms. The number of ketones is 1. The van der Waals surface area contributed by atoms with Gasteiger partial charge in [0.05, 0.1) is 0 Å². The van der Waals surface area contributed by atoms with Crippen molar-refractivity contribution in [2.24, 2.45) is 0 Å². The largest absolute Gasteiger partial charge is 0.289 e. The van der Waals surface area contributed by atoms with E-state index in [9.17, 15) is 4.79 Å². The van der Waals surface area contributed by atoms with Crippen LogP contribution in [-0.4, -0.2) is 12.0 Å². The molecule has 0 heterocycles. The van der Waals surface area contributed by atoms with E-state index in [2.05, 4.69) is 22.9 Å². The first-order valence-electron chi connectivity index (χ1n) is 6.54. The Labute approximate surface area is 132 Å². The van der Waals surface area contributed by atoms with Gasteiger partial charge in [-0.1, -0.05) is 31.2 Å². The fourth-order valence-electron chi connectivity index (χ4n) is 2.10. The SMILES string of the molecule is CCc1ccc(C(=O)c2cc(C)c(SC)cc2Br)cc1. The van der Waals surface area contributed by atoms with Crippen LogP contribution in [0, 0.1) is 6.92 Å². The summed E-state index contributed by atoms with van der Waals surface area (Å²) in [6.45, 7) is 4.15. The predicted octanol–water partition coefficient (Wildman–Crippen LogP) is 5.27. The Morgan fingerprint density at radius 2 is 1.85 bits per heavy atom. The van der Waals surface area contributed by atoms with Gasteiger partial charge in [-0.15, -0.1) is 11.8 Å². The van der Waals surface area contributed by atoms with Crippen LogP contribution in [0.15, 0.2) is 45.8 Å². The number of halogens is 1. The van der Waals surface area contributed by atoms with Crippen LogP contribution in [0.1, 0.15) is 34.0 Å². The number of aryl methyl sites for hydroxylation is 2. The number of carbonyl (C=O) groups is 1. The third kappa shape index (κ3) is 3.15. The molecule has 0 aliphatic rings. The first-order valence-corrected chi connectivity index (χ1v) is 8.56. The van der Waals surface area contributed by atoms with Crippen LogP contribution in [0.3, 0.4) is 0 Å². The van der Waals surface area contributed by atoms with Crippen molar-refractivity contribution >= 4 is 33.5 Å². The summed E-state index contributed by atoms with van der Waals surface area (Å²) in [4.78, 5) is 13.8. The Balaban J connectivity index is 2.39. The van der Waals surface area contributed by atoms with Gasteiger partial charge < -0.3 is 0 Å². The minimum absolute atomic E-state index is 0.0651. The third-order valence-electron chi connectivity index (χ3n) is 3.35. The summed E-state index contributed by atoms with van der Waals surface area (Å²) < 4.78 is 0.858. The van der Waals surface area contributed by atoms with Crippen LogP contribution in [0.5, 0.6) is 0 Å². The van der Waals surface area contributed by atoms with Crippen LogP contribution in [0.25, 0.3) is 0 Å². The van der Waals surface area contributed by atoms with Crippen molar-refractivity contribution in [3.05, 3.63) is 63.1 Å². The van der Waals surface area contributed by atoms with E-state index in [4.69, 9.17) is 0 Å². The van der Waals surface area contributed by atoms with E-state index in [1.165, 1.54) is 10.5 Å². The molecule has 2 rings (SSSR count). The maximum absolute atomic E-state index is 12.6. The minimum Gasteiger partial charge on any atom is -0.289 e. The fraction of sp³-hybridized carbons (Fsp3) is 0.235. The lowest BCUT2D eigenvalue weighted by atomic mass is 10.00. The summed E-state index contributed by atoms with van der Waals surface area (Å²) in [7, 11) is 0. The zero-order valence-corrected chi connectivity index (χ0v) is 14.3. The molecule has 0 saturated carbocycles. The minimum atomic E-state index is 0.0651. The maximum Gasteiger partial charge on any atom is 0.194 e. The summed E-state index contributed by atoms with van der Waals surface area (Å²) in [5.41, 5.74) is 3.84. The molecule has 0 radical (unpaired) electrons. The van der Waals surface area contributed by atoms with Gasteiger partial charge in [0.1, 0.15) is 0 Å².